The number of hydrogen-bond acceptors (Lipinski definition) is 8. The van der Waals surface area contributed by atoms with E-state index in [4.69, 9.17) is 9.72 Å². The van der Waals surface area contributed by atoms with Crippen LogP contribution in [0.25, 0.3) is 22.5 Å². The maximum Gasteiger partial charge on any atom is 0.260 e. The molecule has 40 heavy (non-hydrogen) atoms. The molecule has 10 nitrogen and oxygen atoms in total. The second-order valence-corrected chi connectivity index (χ2v) is 10.3. The number of rotatable bonds is 9. The van der Waals surface area contributed by atoms with Crippen molar-refractivity contribution in [2.45, 2.75) is 31.4 Å². The summed E-state index contributed by atoms with van der Waals surface area (Å²) in [4.78, 5) is 20.3. The summed E-state index contributed by atoms with van der Waals surface area (Å²) < 4.78 is 7.56. The molecule has 1 amide bonds. The Morgan fingerprint density at radius 1 is 1.15 bits per heavy atom. The number of nitrogens with one attached hydrogen (secondary N) is 1. The van der Waals surface area contributed by atoms with E-state index in [-0.39, 0.29) is 12.5 Å². The van der Waals surface area contributed by atoms with Crippen LogP contribution >= 0.6 is 0 Å². The van der Waals surface area contributed by atoms with Gasteiger partial charge in [0, 0.05) is 36.3 Å². The molecule has 0 unspecified atom stereocenters. The summed E-state index contributed by atoms with van der Waals surface area (Å²) in [5, 5.41) is 30.8. The van der Waals surface area contributed by atoms with E-state index in [0.717, 1.165) is 40.8 Å². The van der Waals surface area contributed by atoms with Gasteiger partial charge in [0.05, 0.1) is 18.2 Å². The molecule has 1 aliphatic heterocycles. The normalized spacial score (nSPS) is 15.2. The fourth-order valence-corrected chi connectivity index (χ4v) is 5.04. The molecule has 1 atom stereocenters. The first kappa shape index (κ1) is 25.7. The van der Waals surface area contributed by atoms with Crippen LogP contribution in [0.2, 0.25) is 0 Å². The molecule has 1 fully saturated rings. The number of carbonyl (C=O) groups is 1. The molecule has 0 saturated heterocycles. The lowest BCUT2D eigenvalue weighted by Gasteiger charge is -2.18. The highest BCUT2D eigenvalue weighted by molar-refractivity contribution is 6.10. The molecule has 2 aliphatic rings. The van der Waals surface area contributed by atoms with Crippen molar-refractivity contribution in [3.05, 3.63) is 77.2 Å². The van der Waals surface area contributed by atoms with Gasteiger partial charge in [-0.15, -0.1) is 10.2 Å². The van der Waals surface area contributed by atoms with Gasteiger partial charge in [0.1, 0.15) is 30.6 Å². The van der Waals surface area contributed by atoms with Crippen LogP contribution in [0.4, 0.5) is 5.82 Å². The van der Waals surface area contributed by atoms with Crippen molar-refractivity contribution in [2.75, 3.05) is 25.1 Å². The van der Waals surface area contributed by atoms with Crippen LogP contribution in [0, 0.1) is 11.3 Å². The van der Waals surface area contributed by atoms with Gasteiger partial charge in [0.15, 0.2) is 5.82 Å². The maximum absolute atomic E-state index is 13.6. The third kappa shape index (κ3) is 4.93. The predicted molar refractivity (Wildman–Crippen MR) is 149 cm³/mol. The van der Waals surface area contributed by atoms with Crippen molar-refractivity contribution in [1.29, 1.82) is 5.26 Å². The van der Waals surface area contributed by atoms with Crippen LogP contribution in [0.1, 0.15) is 45.9 Å². The molecule has 202 valence electrons. The highest BCUT2D eigenvalue weighted by atomic mass is 16.5. The zero-order valence-corrected chi connectivity index (χ0v) is 22.3. The number of amides is 1. The van der Waals surface area contributed by atoms with Gasteiger partial charge in [-0.05, 0) is 73.0 Å². The number of carbonyl (C=O) groups excluding carboxylic acids is 1. The van der Waals surface area contributed by atoms with Gasteiger partial charge in [-0.1, -0.05) is 12.1 Å². The molecule has 10 heteroatoms. The number of hydrogen-bond donors (Lipinski definition) is 2. The van der Waals surface area contributed by atoms with Crippen molar-refractivity contribution in [1.82, 2.24) is 25.1 Å². The largest absolute Gasteiger partial charge is 0.491 e. The van der Waals surface area contributed by atoms with Gasteiger partial charge in [-0.2, -0.15) is 5.26 Å². The number of aliphatic hydroxyl groups is 1. The molecule has 0 spiro atoms. The summed E-state index contributed by atoms with van der Waals surface area (Å²) in [7, 11) is 3.63. The van der Waals surface area contributed by atoms with Crippen molar-refractivity contribution >= 4 is 11.7 Å². The minimum absolute atomic E-state index is 0.129. The third-order valence-corrected chi connectivity index (χ3v) is 7.28. The number of fused-ring (bicyclic) bond motifs is 1. The number of pyridine rings is 1. The highest BCUT2D eigenvalue weighted by Crippen LogP contribution is 2.43. The second-order valence-electron chi connectivity index (χ2n) is 10.3. The Morgan fingerprint density at radius 2 is 2.00 bits per heavy atom. The third-order valence-electron chi connectivity index (χ3n) is 7.28. The van der Waals surface area contributed by atoms with Crippen molar-refractivity contribution in [3.63, 3.8) is 0 Å². The zero-order valence-electron chi connectivity index (χ0n) is 22.3. The first-order chi connectivity index (χ1) is 19.4. The van der Waals surface area contributed by atoms with Crippen molar-refractivity contribution < 1.29 is 14.6 Å². The van der Waals surface area contributed by atoms with E-state index in [2.05, 4.69) is 27.6 Å². The molecule has 1 aliphatic carbocycles. The molecular formula is C30H29N7O3. The predicted octanol–water partition coefficient (Wildman–Crippen LogP) is 3.41. The second kappa shape index (κ2) is 10.5. The van der Waals surface area contributed by atoms with Crippen LogP contribution in [0.3, 0.4) is 0 Å². The number of likely N-dealkylation sites (N-methyl/N-ethyl adjacent to an activating group) is 1. The first-order valence-corrected chi connectivity index (χ1v) is 13.3. The van der Waals surface area contributed by atoms with Gasteiger partial charge < -0.3 is 19.7 Å². The maximum atomic E-state index is 13.6. The summed E-state index contributed by atoms with van der Waals surface area (Å²) in [6.45, 7) is 0.950. The van der Waals surface area contributed by atoms with Crippen molar-refractivity contribution in [2.24, 2.45) is 7.05 Å². The lowest BCUT2D eigenvalue weighted by atomic mass is 9.96. The van der Waals surface area contributed by atoms with Gasteiger partial charge in [-0.3, -0.25) is 9.69 Å². The van der Waals surface area contributed by atoms with E-state index < -0.39 is 6.10 Å². The van der Waals surface area contributed by atoms with Gasteiger partial charge in [0.25, 0.3) is 5.91 Å². The Balaban J connectivity index is 1.36. The monoisotopic (exact) mass is 535 g/mol. The minimum atomic E-state index is -0.646. The first-order valence-electron chi connectivity index (χ1n) is 13.3. The number of aryl methyl sites for hydroxylation is 1. The summed E-state index contributed by atoms with van der Waals surface area (Å²) in [5.74, 6) is 1.99. The van der Waals surface area contributed by atoms with Crippen LogP contribution in [-0.2, 0) is 13.6 Å². The molecule has 0 radical (unpaired) electrons. The quantitative estimate of drug-likeness (QED) is 0.334. The summed E-state index contributed by atoms with van der Waals surface area (Å²) >= 11 is 0. The Kier molecular flexibility index (Phi) is 6.76. The highest BCUT2D eigenvalue weighted by Gasteiger charge is 2.32. The fourth-order valence-electron chi connectivity index (χ4n) is 5.04. The van der Waals surface area contributed by atoms with E-state index in [1.807, 2.05) is 41.9 Å². The zero-order chi connectivity index (χ0) is 27.8. The van der Waals surface area contributed by atoms with E-state index in [9.17, 15) is 15.2 Å². The Morgan fingerprint density at radius 3 is 2.73 bits per heavy atom. The number of nitriles is 1. The molecule has 2 aromatic carbocycles. The Hall–Kier alpha value is -4.59. The Bertz CT molecular complexity index is 1640. The average molecular weight is 536 g/mol. The number of aromatic nitrogens is 4. The summed E-state index contributed by atoms with van der Waals surface area (Å²) in [5.41, 5.74) is 5.52. The average Bonchev–Trinajstić information content (AvgIpc) is 3.66. The van der Waals surface area contributed by atoms with Crippen LogP contribution in [0.15, 0.2) is 54.9 Å². The van der Waals surface area contributed by atoms with Crippen LogP contribution in [0.5, 0.6) is 5.75 Å². The minimum Gasteiger partial charge on any atom is -0.491 e. The van der Waals surface area contributed by atoms with Gasteiger partial charge in [-0.25, -0.2) is 4.98 Å². The number of nitrogens with zero attached hydrogens (tertiary/aromatic N) is 6. The molecule has 1 saturated carbocycles. The topological polar surface area (TPSA) is 129 Å². The lowest BCUT2D eigenvalue weighted by molar-refractivity contribution is 0.0994. The van der Waals surface area contributed by atoms with Crippen LogP contribution < -0.4 is 15.0 Å². The Labute approximate surface area is 231 Å². The standard InChI is InChI=1S/C30H29N7O3/c1-32-14-22(38)16-40-23-7-6-20-15-37(30(39)25(20)12-23)28-11-21(10-27(34-28)19-4-5-19)24-8-3-18(13-31)9-26(24)29-35-33-17-36(29)2/h3,6-12,17,19,22,32,38H,4-5,14-16H2,1-2H3/t22-/m0/s1. The smallest absolute Gasteiger partial charge is 0.260 e. The molecule has 3 heterocycles. The van der Waals surface area contributed by atoms with Gasteiger partial charge in [0.2, 0.25) is 0 Å². The number of ether oxygens (including phenoxy) is 1. The van der Waals surface area contributed by atoms with Gasteiger partial charge >= 0.3 is 0 Å². The van der Waals surface area contributed by atoms with Crippen molar-refractivity contribution in [3.8, 4) is 34.3 Å². The van der Waals surface area contributed by atoms with E-state index in [0.29, 0.717) is 47.5 Å². The molecule has 6 rings (SSSR count). The lowest BCUT2D eigenvalue weighted by Crippen LogP contribution is -2.29. The summed E-state index contributed by atoms with van der Waals surface area (Å²) in [6, 6.07) is 17.2. The number of anilines is 1. The molecular weight excluding hydrogens is 506 g/mol. The van der Waals surface area contributed by atoms with E-state index in [1.54, 1.807) is 30.4 Å². The molecule has 0 bridgehead atoms. The molecule has 2 aromatic heterocycles. The number of aliphatic hydroxyl groups excluding tert-OH is 1. The molecule has 4 aromatic rings. The van der Waals surface area contributed by atoms with E-state index >= 15 is 0 Å². The van der Waals surface area contributed by atoms with E-state index in [1.165, 1.54) is 0 Å². The summed E-state index contributed by atoms with van der Waals surface area (Å²) in [6.07, 6.45) is 3.11. The fraction of sp³-hybridized carbons (Fsp3) is 0.300. The molecule has 2 N–H and O–H groups in total. The SMILES string of the molecule is CNC[C@H](O)COc1ccc2c(c1)C(=O)N(c1cc(-c3ccc(C#N)cc3-c3nncn3C)cc(C3CC3)n1)C2. The van der Waals surface area contributed by atoms with Crippen LogP contribution in [-0.4, -0.2) is 57.1 Å². The number of benzene rings is 2.